The van der Waals surface area contributed by atoms with Gasteiger partial charge in [-0.15, -0.1) is 10.2 Å². The number of esters is 1. The Morgan fingerprint density at radius 1 is 1.33 bits per heavy atom. The minimum Gasteiger partial charge on any atom is -0.497 e. The smallest absolute Gasteiger partial charge is 0.308 e. The summed E-state index contributed by atoms with van der Waals surface area (Å²) in [5.41, 5.74) is 2.95. The molecule has 3 rings (SSSR count). The number of aryl methyl sites for hydroxylation is 1. The number of nitrogens with zero attached hydrogens (tertiary/aromatic N) is 4. The maximum absolute atomic E-state index is 12.1. The zero-order valence-corrected chi connectivity index (χ0v) is 17.2. The third-order valence-corrected chi connectivity index (χ3v) is 4.73. The Morgan fingerprint density at radius 3 is 2.80 bits per heavy atom. The second-order valence-electron chi connectivity index (χ2n) is 6.53. The number of fused-ring (bicyclic) bond motifs is 3. The molecule has 1 aromatic heterocycles. The maximum atomic E-state index is 12.1. The highest BCUT2D eigenvalue weighted by Gasteiger charge is 2.30. The number of benzene rings is 1. The van der Waals surface area contributed by atoms with Crippen molar-refractivity contribution in [1.82, 2.24) is 14.8 Å². The fourth-order valence-corrected chi connectivity index (χ4v) is 3.29. The molecule has 8 nitrogen and oxygen atoms in total. The monoisotopic (exact) mass is 408 g/mol. The Hall–Kier alpha value is -3.52. The zero-order chi connectivity index (χ0) is 21.7. The van der Waals surface area contributed by atoms with E-state index in [1.165, 1.54) is 7.11 Å². The largest absolute Gasteiger partial charge is 0.497 e. The van der Waals surface area contributed by atoms with Crippen LogP contribution >= 0.6 is 0 Å². The molecule has 0 fully saturated rings. The third kappa shape index (κ3) is 4.08. The molecule has 1 unspecified atom stereocenters. The minimum absolute atomic E-state index is 0.0140. The third-order valence-electron chi connectivity index (χ3n) is 4.73. The van der Waals surface area contributed by atoms with Crippen molar-refractivity contribution in [1.29, 1.82) is 0 Å². The van der Waals surface area contributed by atoms with Crippen LogP contribution in [-0.4, -0.2) is 52.4 Å². The molecule has 0 radical (unpaired) electrons. The van der Waals surface area contributed by atoms with Crippen molar-refractivity contribution in [2.45, 2.75) is 19.4 Å². The average Bonchev–Trinajstić information content (AvgIpc) is 3.09. The lowest BCUT2D eigenvalue weighted by Crippen LogP contribution is -2.12. The predicted molar refractivity (Wildman–Crippen MR) is 113 cm³/mol. The van der Waals surface area contributed by atoms with Gasteiger partial charge in [-0.25, -0.2) is 0 Å². The van der Waals surface area contributed by atoms with Gasteiger partial charge in [0.2, 0.25) is 0 Å². The van der Waals surface area contributed by atoms with Crippen molar-refractivity contribution >= 4 is 11.7 Å². The molecule has 2 heterocycles. The normalized spacial score (nSPS) is 15.8. The highest BCUT2D eigenvalue weighted by Crippen LogP contribution is 2.34. The molecule has 30 heavy (non-hydrogen) atoms. The van der Waals surface area contributed by atoms with Gasteiger partial charge in [0.05, 0.1) is 38.6 Å². The van der Waals surface area contributed by atoms with Crippen LogP contribution in [0.4, 0.5) is 0 Å². The number of aliphatic hydroxyl groups is 1. The standard InChI is InChI=1S/C22H24N4O4/c1-5-15(8-6-7-11-27)21-17-12-16(29-3)9-10-19(17)26-14(2)24-25-22(26)18(23-21)13-20(28)30-4/h5-10,12,18,27H,1,11,13H2,2-4H3/b7-6?,15-8+. The van der Waals surface area contributed by atoms with E-state index in [2.05, 4.69) is 16.8 Å². The van der Waals surface area contributed by atoms with Gasteiger partial charge in [-0.3, -0.25) is 14.4 Å². The molecular formula is C22H24N4O4. The fraction of sp³-hybridized carbons (Fsp3) is 0.273. The summed E-state index contributed by atoms with van der Waals surface area (Å²) in [6.07, 6.45) is 6.83. The SMILES string of the molecule is C=C/C(=C\C=CCO)C1=NC(CC(=O)OC)c2nnc(C)n2-c2ccc(OC)cc21. The van der Waals surface area contributed by atoms with E-state index in [1.54, 1.807) is 31.4 Å². The Morgan fingerprint density at radius 2 is 2.13 bits per heavy atom. The Kier molecular flexibility index (Phi) is 6.58. The number of rotatable bonds is 7. The van der Waals surface area contributed by atoms with Crippen LogP contribution < -0.4 is 4.74 Å². The van der Waals surface area contributed by atoms with Crippen LogP contribution in [0.5, 0.6) is 5.75 Å². The van der Waals surface area contributed by atoms with Gasteiger partial charge in [-0.05, 0) is 30.7 Å². The number of ether oxygens (including phenoxy) is 2. The van der Waals surface area contributed by atoms with E-state index in [1.807, 2.05) is 29.7 Å². The van der Waals surface area contributed by atoms with E-state index >= 15 is 0 Å². The lowest BCUT2D eigenvalue weighted by atomic mass is 9.99. The topological polar surface area (TPSA) is 98.8 Å². The second kappa shape index (κ2) is 9.32. The predicted octanol–water partition coefficient (Wildman–Crippen LogP) is 2.65. The number of aliphatic imine (C=N–C) groups is 1. The molecule has 1 aliphatic heterocycles. The summed E-state index contributed by atoms with van der Waals surface area (Å²) in [4.78, 5) is 17.0. The number of methoxy groups -OCH3 is 2. The molecule has 0 bridgehead atoms. The summed E-state index contributed by atoms with van der Waals surface area (Å²) < 4.78 is 12.2. The van der Waals surface area contributed by atoms with Crippen molar-refractivity contribution in [2.75, 3.05) is 20.8 Å². The van der Waals surface area contributed by atoms with Crippen molar-refractivity contribution in [3.63, 3.8) is 0 Å². The molecule has 0 amide bonds. The first-order valence-corrected chi connectivity index (χ1v) is 9.39. The van der Waals surface area contributed by atoms with Gasteiger partial charge in [-0.1, -0.05) is 30.9 Å². The van der Waals surface area contributed by atoms with Crippen LogP contribution in [0.25, 0.3) is 5.69 Å². The summed E-state index contributed by atoms with van der Waals surface area (Å²) in [6, 6.07) is 5.04. The second-order valence-corrected chi connectivity index (χ2v) is 6.53. The molecule has 2 aromatic rings. The van der Waals surface area contributed by atoms with Gasteiger partial charge in [0.25, 0.3) is 0 Å². The van der Waals surface area contributed by atoms with Crippen molar-refractivity contribution < 1.29 is 19.4 Å². The lowest BCUT2D eigenvalue weighted by Gasteiger charge is -2.14. The fourth-order valence-electron chi connectivity index (χ4n) is 3.29. The maximum Gasteiger partial charge on any atom is 0.308 e. The summed E-state index contributed by atoms with van der Waals surface area (Å²) in [7, 11) is 2.94. The Balaban J connectivity index is 2.30. The van der Waals surface area contributed by atoms with Gasteiger partial charge in [0.15, 0.2) is 5.82 Å². The van der Waals surface area contributed by atoms with Gasteiger partial charge < -0.3 is 14.6 Å². The molecular weight excluding hydrogens is 384 g/mol. The number of allylic oxidation sites excluding steroid dienone is 4. The minimum atomic E-state index is -0.600. The molecule has 0 saturated carbocycles. The van der Waals surface area contributed by atoms with Crippen molar-refractivity contribution in [3.05, 3.63) is 71.9 Å². The first kappa shape index (κ1) is 21.2. The van der Waals surface area contributed by atoms with Gasteiger partial charge in [0.1, 0.15) is 17.6 Å². The molecule has 1 atom stereocenters. The number of carbonyl (C=O) groups is 1. The molecule has 1 N–H and O–H groups in total. The highest BCUT2D eigenvalue weighted by atomic mass is 16.5. The first-order chi connectivity index (χ1) is 14.5. The van der Waals surface area contributed by atoms with Crippen LogP contribution in [-0.2, 0) is 9.53 Å². The van der Waals surface area contributed by atoms with Gasteiger partial charge in [0, 0.05) is 5.56 Å². The average molecular weight is 408 g/mol. The van der Waals surface area contributed by atoms with E-state index in [4.69, 9.17) is 19.6 Å². The molecule has 0 aliphatic carbocycles. The molecule has 8 heteroatoms. The number of hydrogen-bond acceptors (Lipinski definition) is 7. The zero-order valence-electron chi connectivity index (χ0n) is 17.2. The summed E-state index contributed by atoms with van der Waals surface area (Å²) >= 11 is 0. The Labute approximate surface area is 174 Å². The van der Waals surface area contributed by atoms with E-state index < -0.39 is 12.0 Å². The first-order valence-electron chi connectivity index (χ1n) is 9.39. The van der Waals surface area contributed by atoms with Crippen LogP contribution in [0.1, 0.15) is 29.7 Å². The van der Waals surface area contributed by atoms with E-state index in [0.717, 1.165) is 16.8 Å². The van der Waals surface area contributed by atoms with Gasteiger partial charge in [-0.2, -0.15) is 0 Å². The summed E-state index contributed by atoms with van der Waals surface area (Å²) in [6.45, 7) is 5.68. The molecule has 1 aromatic carbocycles. The van der Waals surface area contributed by atoms with Gasteiger partial charge >= 0.3 is 5.97 Å². The Bertz CT molecular complexity index is 1050. The van der Waals surface area contributed by atoms with E-state index in [9.17, 15) is 4.79 Å². The molecule has 0 saturated heterocycles. The number of aromatic nitrogens is 3. The molecule has 156 valence electrons. The molecule has 0 spiro atoms. The van der Waals surface area contributed by atoms with Crippen molar-refractivity contribution in [2.24, 2.45) is 4.99 Å². The summed E-state index contributed by atoms with van der Waals surface area (Å²) in [5, 5.41) is 17.6. The van der Waals surface area contributed by atoms with Crippen LogP contribution in [0.2, 0.25) is 0 Å². The lowest BCUT2D eigenvalue weighted by molar-refractivity contribution is -0.141. The van der Waals surface area contributed by atoms with E-state index in [-0.39, 0.29) is 13.0 Å². The van der Waals surface area contributed by atoms with Crippen molar-refractivity contribution in [3.8, 4) is 11.4 Å². The number of carbonyl (C=O) groups excluding carboxylic acids is 1. The molecule has 1 aliphatic rings. The quantitative estimate of drug-likeness (QED) is 0.559. The summed E-state index contributed by atoms with van der Waals surface area (Å²) in [5.74, 6) is 1.48. The van der Waals surface area contributed by atoms with Crippen LogP contribution in [0, 0.1) is 6.92 Å². The number of aliphatic hydroxyl groups excluding tert-OH is 1. The highest BCUT2D eigenvalue weighted by molar-refractivity contribution is 6.17. The van der Waals surface area contributed by atoms with Crippen LogP contribution in [0.3, 0.4) is 0 Å². The number of hydrogen-bond donors (Lipinski definition) is 1. The van der Waals surface area contributed by atoms with E-state index in [0.29, 0.717) is 23.1 Å². The van der Waals surface area contributed by atoms with Crippen LogP contribution in [0.15, 0.2) is 59.6 Å².